The van der Waals surface area contributed by atoms with Crippen LogP contribution in [-0.4, -0.2) is 53.2 Å². The molecule has 2 heterocycles. The van der Waals surface area contributed by atoms with Gasteiger partial charge < -0.3 is 20.1 Å². The fraction of sp³-hybridized carbons (Fsp3) is 0.448. The molecule has 1 unspecified atom stereocenters. The summed E-state index contributed by atoms with van der Waals surface area (Å²) in [5.74, 6) is -0.567. The topological polar surface area (TPSA) is 109 Å². The van der Waals surface area contributed by atoms with Crippen LogP contribution >= 0.6 is 0 Å². The normalized spacial score (nSPS) is 15.0. The first-order chi connectivity index (χ1) is 17.8. The SMILES string of the molecule is CC(C)(CCO)OC(=O)CC1CN(C(=O)CCCCCNC(=O)/C=C/c2cccnc2)c2ccccc21. The third-order valence-electron chi connectivity index (χ3n) is 6.37. The van der Waals surface area contributed by atoms with Crippen LogP contribution in [0.4, 0.5) is 5.69 Å². The number of ether oxygens (including phenoxy) is 1. The van der Waals surface area contributed by atoms with E-state index in [1.54, 1.807) is 37.2 Å². The fourth-order valence-corrected chi connectivity index (χ4v) is 4.41. The number of carbonyl (C=O) groups excluding carboxylic acids is 3. The molecule has 1 aromatic carbocycles. The number of rotatable bonds is 13. The molecule has 37 heavy (non-hydrogen) atoms. The first kappa shape index (κ1) is 28.1. The summed E-state index contributed by atoms with van der Waals surface area (Å²) >= 11 is 0. The fourth-order valence-electron chi connectivity index (χ4n) is 4.41. The molecule has 0 bridgehead atoms. The predicted octanol–water partition coefficient (Wildman–Crippen LogP) is 4.00. The summed E-state index contributed by atoms with van der Waals surface area (Å²) in [5.41, 5.74) is 1.97. The number of hydrogen-bond donors (Lipinski definition) is 2. The van der Waals surface area contributed by atoms with E-state index < -0.39 is 5.60 Å². The highest BCUT2D eigenvalue weighted by molar-refractivity contribution is 5.96. The van der Waals surface area contributed by atoms with Crippen LogP contribution in [0.3, 0.4) is 0 Å². The van der Waals surface area contributed by atoms with E-state index in [2.05, 4.69) is 10.3 Å². The molecule has 0 fully saturated rings. The number of carbonyl (C=O) groups is 3. The molecule has 8 heteroatoms. The highest BCUT2D eigenvalue weighted by Gasteiger charge is 2.34. The van der Waals surface area contributed by atoms with Crippen molar-refractivity contribution >= 4 is 29.5 Å². The van der Waals surface area contributed by atoms with Gasteiger partial charge in [0.15, 0.2) is 0 Å². The Bertz CT molecular complexity index is 1080. The molecule has 2 N–H and O–H groups in total. The number of nitrogens with one attached hydrogen (secondary N) is 1. The first-order valence-electron chi connectivity index (χ1n) is 12.9. The lowest BCUT2D eigenvalue weighted by Gasteiger charge is -2.25. The maximum atomic E-state index is 13.0. The second-order valence-corrected chi connectivity index (χ2v) is 9.89. The Balaban J connectivity index is 1.41. The minimum absolute atomic E-state index is 0.0346. The van der Waals surface area contributed by atoms with Crippen molar-refractivity contribution in [1.29, 1.82) is 0 Å². The monoisotopic (exact) mass is 507 g/mol. The van der Waals surface area contributed by atoms with E-state index in [1.165, 1.54) is 6.08 Å². The second-order valence-electron chi connectivity index (χ2n) is 9.89. The average Bonchev–Trinajstić information content (AvgIpc) is 3.23. The van der Waals surface area contributed by atoms with E-state index in [4.69, 9.17) is 4.74 Å². The molecule has 198 valence electrons. The molecule has 1 aliphatic rings. The van der Waals surface area contributed by atoms with Crippen LogP contribution in [0.1, 0.15) is 69.4 Å². The van der Waals surface area contributed by atoms with Crippen molar-refractivity contribution in [2.45, 2.75) is 63.9 Å². The Hall–Kier alpha value is -3.52. The second kappa shape index (κ2) is 13.7. The van der Waals surface area contributed by atoms with Crippen LogP contribution in [0.25, 0.3) is 6.08 Å². The van der Waals surface area contributed by atoms with Crippen molar-refractivity contribution < 1.29 is 24.2 Å². The summed E-state index contributed by atoms with van der Waals surface area (Å²) < 4.78 is 5.57. The summed E-state index contributed by atoms with van der Waals surface area (Å²) in [4.78, 5) is 43.3. The van der Waals surface area contributed by atoms with Gasteiger partial charge in [-0.3, -0.25) is 19.4 Å². The van der Waals surface area contributed by atoms with Gasteiger partial charge in [-0.15, -0.1) is 0 Å². The minimum Gasteiger partial charge on any atom is -0.460 e. The summed E-state index contributed by atoms with van der Waals surface area (Å²) in [6.45, 7) is 4.51. The van der Waals surface area contributed by atoms with Gasteiger partial charge in [0.05, 0.1) is 6.42 Å². The van der Waals surface area contributed by atoms with Gasteiger partial charge >= 0.3 is 5.97 Å². The predicted molar refractivity (Wildman–Crippen MR) is 143 cm³/mol. The number of esters is 1. The molecule has 0 saturated carbocycles. The number of aliphatic hydroxyl groups excluding tert-OH is 1. The van der Waals surface area contributed by atoms with Crippen LogP contribution < -0.4 is 10.2 Å². The first-order valence-corrected chi connectivity index (χ1v) is 12.9. The number of amides is 2. The van der Waals surface area contributed by atoms with E-state index in [0.29, 0.717) is 25.9 Å². The molecule has 0 aliphatic carbocycles. The van der Waals surface area contributed by atoms with Crippen molar-refractivity contribution in [1.82, 2.24) is 10.3 Å². The van der Waals surface area contributed by atoms with Crippen molar-refractivity contribution in [3.05, 3.63) is 66.0 Å². The average molecular weight is 508 g/mol. The number of fused-ring (bicyclic) bond motifs is 1. The zero-order valence-corrected chi connectivity index (χ0v) is 21.7. The lowest BCUT2D eigenvalue weighted by Crippen LogP contribution is -2.32. The highest BCUT2D eigenvalue weighted by Crippen LogP contribution is 2.39. The number of nitrogens with zero attached hydrogens (tertiary/aromatic N) is 2. The van der Waals surface area contributed by atoms with E-state index in [0.717, 1.165) is 36.1 Å². The van der Waals surface area contributed by atoms with E-state index >= 15 is 0 Å². The van der Waals surface area contributed by atoms with Crippen LogP contribution in [0.2, 0.25) is 0 Å². The molecule has 1 aliphatic heterocycles. The number of pyridine rings is 1. The minimum atomic E-state index is -0.728. The highest BCUT2D eigenvalue weighted by atomic mass is 16.6. The molecule has 0 spiro atoms. The number of unbranched alkanes of at least 4 members (excludes halogenated alkanes) is 2. The van der Waals surface area contributed by atoms with Gasteiger partial charge in [-0.25, -0.2) is 0 Å². The van der Waals surface area contributed by atoms with Crippen molar-refractivity contribution in [3.63, 3.8) is 0 Å². The number of benzene rings is 1. The van der Waals surface area contributed by atoms with Gasteiger partial charge in [-0.1, -0.05) is 30.7 Å². The van der Waals surface area contributed by atoms with Crippen LogP contribution in [0.15, 0.2) is 54.9 Å². The molecule has 2 aromatic rings. The number of aliphatic hydroxyl groups is 1. The number of hydrogen-bond acceptors (Lipinski definition) is 6. The molecule has 2 amide bonds. The van der Waals surface area contributed by atoms with Gasteiger partial charge in [0.1, 0.15) is 5.60 Å². The van der Waals surface area contributed by atoms with Crippen LogP contribution in [0, 0.1) is 0 Å². The Kier molecular flexibility index (Phi) is 10.4. The largest absolute Gasteiger partial charge is 0.460 e. The summed E-state index contributed by atoms with van der Waals surface area (Å²) in [6, 6.07) is 11.4. The molecule has 8 nitrogen and oxygen atoms in total. The molecule has 0 radical (unpaired) electrons. The van der Waals surface area contributed by atoms with E-state index in [9.17, 15) is 19.5 Å². The molecule has 1 atom stereocenters. The zero-order valence-electron chi connectivity index (χ0n) is 21.7. The molecular formula is C29H37N3O5. The lowest BCUT2D eigenvalue weighted by molar-refractivity contribution is -0.158. The van der Waals surface area contributed by atoms with Crippen LogP contribution in [-0.2, 0) is 19.1 Å². The number of aromatic nitrogens is 1. The maximum Gasteiger partial charge on any atom is 0.307 e. The molecule has 1 aromatic heterocycles. The van der Waals surface area contributed by atoms with Gasteiger partial charge in [0.2, 0.25) is 11.8 Å². The van der Waals surface area contributed by atoms with E-state index in [-0.39, 0.29) is 36.7 Å². The summed E-state index contributed by atoms with van der Waals surface area (Å²) in [5, 5.41) is 12.0. The molecule has 3 rings (SSSR count). The molecule has 0 saturated heterocycles. The summed E-state index contributed by atoms with van der Waals surface area (Å²) in [7, 11) is 0. The van der Waals surface area contributed by atoms with Gasteiger partial charge in [-0.2, -0.15) is 0 Å². The summed E-state index contributed by atoms with van der Waals surface area (Å²) in [6.07, 6.45) is 9.88. The Labute approximate surface area is 218 Å². The van der Waals surface area contributed by atoms with E-state index in [1.807, 2.05) is 36.4 Å². The maximum absolute atomic E-state index is 13.0. The smallest absolute Gasteiger partial charge is 0.307 e. The van der Waals surface area contributed by atoms with Crippen LogP contribution in [0.5, 0.6) is 0 Å². The third kappa shape index (κ3) is 8.82. The van der Waals surface area contributed by atoms with Crippen molar-refractivity contribution in [2.24, 2.45) is 0 Å². The van der Waals surface area contributed by atoms with Gasteiger partial charge in [0, 0.05) is 62.6 Å². The Morgan fingerprint density at radius 1 is 1.16 bits per heavy atom. The van der Waals surface area contributed by atoms with Crippen molar-refractivity contribution in [3.8, 4) is 0 Å². The zero-order chi connectivity index (χ0) is 26.7. The van der Waals surface area contributed by atoms with Gasteiger partial charge in [-0.05, 0) is 56.0 Å². The lowest BCUT2D eigenvalue weighted by atomic mass is 9.98. The standard InChI is InChI=1S/C29H37N3O5/c1-29(2,15-18-33)37-28(36)19-23-21-32(25-11-6-5-10-24(23)25)27(35)12-4-3-7-17-31-26(34)14-13-22-9-8-16-30-20-22/h5-6,8-11,13-14,16,20,23,33H,3-4,7,12,15,17-19,21H2,1-2H3,(H,31,34)/b14-13+. The quantitative estimate of drug-likeness (QED) is 0.241. The van der Waals surface area contributed by atoms with Crippen molar-refractivity contribution in [2.75, 3.05) is 24.6 Å². The third-order valence-corrected chi connectivity index (χ3v) is 6.37. The Morgan fingerprint density at radius 3 is 2.73 bits per heavy atom. The van der Waals surface area contributed by atoms with Gasteiger partial charge in [0.25, 0.3) is 0 Å². The molecular weight excluding hydrogens is 470 g/mol. The Morgan fingerprint density at radius 2 is 1.97 bits per heavy atom. The number of para-hydroxylation sites is 1. The number of anilines is 1.